The lowest BCUT2D eigenvalue weighted by atomic mass is 10.0. The Bertz CT molecular complexity index is 1050. The predicted molar refractivity (Wildman–Crippen MR) is 243 cm³/mol. The molecule has 2 unspecified atom stereocenters. The Morgan fingerprint density at radius 2 is 0.966 bits per heavy atom. The molecule has 0 saturated carbocycles. The van der Waals surface area contributed by atoms with Gasteiger partial charge in [0.1, 0.15) is 6.61 Å². The summed E-state index contributed by atoms with van der Waals surface area (Å²) in [5.41, 5.74) is 0. The van der Waals surface area contributed by atoms with Crippen LogP contribution in [0.15, 0.2) is 36.5 Å². The standard InChI is InChI=1S/C50H91NO7/c1-6-8-10-12-14-16-18-20-22-23-24-25-26-27-29-30-32-34-36-38-40-48(52)57-45-46(44-56-43-42-47(50(54)55)51(3,4)5)58-49(53)41-39-37-35-33-31-28-21-19-17-15-13-11-9-7-2/h8,10,14,16,20,22,46-47H,6-7,9,11-13,15,17-19,21,23-45H2,1-5H3/p+1/b10-8+,16-14+,22-20+. The van der Waals surface area contributed by atoms with E-state index in [1.54, 1.807) is 0 Å². The molecule has 58 heavy (non-hydrogen) atoms. The highest BCUT2D eigenvalue weighted by Crippen LogP contribution is 2.16. The number of nitrogens with zero attached hydrogens (tertiary/aromatic N) is 1. The zero-order valence-corrected chi connectivity index (χ0v) is 38.5. The fourth-order valence-corrected chi connectivity index (χ4v) is 7.11. The van der Waals surface area contributed by atoms with Gasteiger partial charge in [0.25, 0.3) is 0 Å². The van der Waals surface area contributed by atoms with Crippen molar-refractivity contribution in [2.75, 3.05) is 41.0 Å². The Hall–Kier alpha value is -2.45. The van der Waals surface area contributed by atoms with Crippen molar-refractivity contribution in [3.63, 3.8) is 0 Å². The summed E-state index contributed by atoms with van der Waals surface area (Å²) in [4.78, 5) is 37.1. The van der Waals surface area contributed by atoms with Crippen molar-refractivity contribution in [2.45, 2.75) is 225 Å². The van der Waals surface area contributed by atoms with Gasteiger partial charge in [-0.3, -0.25) is 9.59 Å². The number of hydrogen-bond acceptors (Lipinski definition) is 6. The Morgan fingerprint density at radius 1 is 0.534 bits per heavy atom. The number of aliphatic carboxylic acids is 1. The normalized spacial score (nSPS) is 13.2. The van der Waals surface area contributed by atoms with E-state index in [-0.39, 0.29) is 36.2 Å². The summed E-state index contributed by atoms with van der Waals surface area (Å²) in [6.07, 6.45) is 47.5. The van der Waals surface area contributed by atoms with E-state index < -0.39 is 18.1 Å². The van der Waals surface area contributed by atoms with Crippen LogP contribution in [-0.2, 0) is 28.6 Å². The van der Waals surface area contributed by atoms with Crippen molar-refractivity contribution in [3.05, 3.63) is 36.5 Å². The van der Waals surface area contributed by atoms with Crippen molar-refractivity contribution in [2.24, 2.45) is 0 Å². The lowest BCUT2D eigenvalue weighted by Gasteiger charge is -2.31. The number of ether oxygens (including phenoxy) is 3. The number of rotatable bonds is 43. The molecule has 0 amide bonds. The summed E-state index contributed by atoms with van der Waals surface area (Å²) >= 11 is 0. The predicted octanol–water partition coefficient (Wildman–Crippen LogP) is 13.4. The van der Waals surface area contributed by atoms with Gasteiger partial charge in [0.2, 0.25) is 0 Å². The second-order valence-corrected chi connectivity index (χ2v) is 17.3. The number of carboxylic acids is 1. The molecule has 0 aliphatic rings. The molecule has 0 bridgehead atoms. The minimum absolute atomic E-state index is 0.0498. The molecule has 0 aliphatic heterocycles. The van der Waals surface area contributed by atoms with Gasteiger partial charge in [0, 0.05) is 19.3 Å². The summed E-state index contributed by atoms with van der Waals surface area (Å²) < 4.78 is 17.3. The van der Waals surface area contributed by atoms with Crippen LogP contribution in [0.4, 0.5) is 0 Å². The van der Waals surface area contributed by atoms with Gasteiger partial charge in [-0.1, -0.05) is 185 Å². The molecule has 0 rings (SSSR count). The average Bonchev–Trinajstić information content (AvgIpc) is 3.18. The summed E-state index contributed by atoms with van der Waals surface area (Å²) in [7, 11) is 5.53. The van der Waals surface area contributed by atoms with Crippen molar-refractivity contribution in [1.82, 2.24) is 0 Å². The van der Waals surface area contributed by atoms with Crippen molar-refractivity contribution < 1.29 is 38.2 Å². The van der Waals surface area contributed by atoms with Gasteiger partial charge in [-0.25, -0.2) is 4.79 Å². The minimum Gasteiger partial charge on any atom is -0.477 e. The van der Waals surface area contributed by atoms with E-state index in [4.69, 9.17) is 14.2 Å². The minimum atomic E-state index is -0.874. The number of carboxylic acid groups (broad SMARTS) is 1. The fraction of sp³-hybridized carbons (Fsp3) is 0.820. The van der Waals surface area contributed by atoms with Gasteiger partial charge in [-0.15, -0.1) is 0 Å². The maximum atomic E-state index is 12.7. The lowest BCUT2D eigenvalue weighted by molar-refractivity contribution is -0.887. The molecule has 0 radical (unpaired) electrons. The van der Waals surface area contributed by atoms with Crippen LogP contribution in [0.5, 0.6) is 0 Å². The first-order chi connectivity index (χ1) is 28.1. The van der Waals surface area contributed by atoms with E-state index >= 15 is 0 Å². The van der Waals surface area contributed by atoms with Crippen molar-refractivity contribution >= 4 is 17.9 Å². The van der Waals surface area contributed by atoms with Crippen LogP contribution in [0.2, 0.25) is 0 Å². The zero-order chi connectivity index (χ0) is 42.8. The molecule has 0 aromatic rings. The second kappa shape index (κ2) is 41.3. The van der Waals surface area contributed by atoms with Crippen LogP contribution in [0, 0.1) is 0 Å². The van der Waals surface area contributed by atoms with Crippen molar-refractivity contribution in [1.29, 1.82) is 0 Å². The number of hydrogen-bond donors (Lipinski definition) is 1. The molecule has 0 spiro atoms. The van der Waals surface area contributed by atoms with Crippen LogP contribution in [-0.4, -0.2) is 80.6 Å². The van der Waals surface area contributed by atoms with Crippen LogP contribution < -0.4 is 0 Å². The molecule has 0 fully saturated rings. The van der Waals surface area contributed by atoms with E-state index in [1.165, 1.54) is 122 Å². The highest BCUT2D eigenvalue weighted by Gasteiger charge is 2.31. The molecule has 0 aromatic carbocycles. The van der Waals surface area contributed by atoms with Crippen LogP contribution in [0.25, 0.3) is 0 Å². The summed E-state index contributed by atoms with van der Waals surface area (Å²) in [5.74, 6) is -1.46. The van der Waals surface area contributed by atoms with E-state index in [2.05, 4.69) is 50.3 Å². The first-order valence-corrected chi connectivity index (χ1v) is 24.0. The molecule has 0 saturated heterocycles. The number of carbonyl (C=O) groups is 3. The van der Waals surface area contributed by atoms with Gasteiger partial charge in [0.05, 0.1) is 34.4 Å². The maximum Gasteiger partial charge on any atom is 0.362 e. The number of unbranched alkanes of at least 4 members (excludes halogenated alkanes) is 23. The van der Waals surface area contributed by atoms with Crippen LogP contribution in [0.3, 0.4) is 0 Å². The largest absolute Gasteiger partial charge is 0.477 e. The van der Waals surface area contributed by atoms with E-state index in [0.717, 1.165) is 57.8 Å². The third-order valence-corrected chi connectivity index (χ3v) is 10.8. The third kappa shape index (κ3) is 39.0. The smallest absolute Gasteiger partial charge is 0.362 e. The van der Waals surface area contributed by atoms with Gasteiger partial charge in [-0.05, 0) is 44.9 Å². The lowest BCUT2D eigenvalue weighted by Crippen LogP contribution is -2.50. The van der Waals surface area contributed by atoms with Gasteiger partial charge >= 0.3 is 17.9 Å². The number of likely N-dealkylation sites (N-methyl/N-ethyl adjacent to an activating group) is 1. The Morgan fingerprint density at radius 3 is 1.43 bits per heavy atom. The molecule has 338 valence electrons. The topological polar surface area (TPSA) is 99.1 Å². The van der Waals surface area contributed by atoms with Gasteiger partial charge in [-0.2, -0.15) is 0 Å². The highest BCUT2D eigenvalue weighted by atomic mass is 16.6. The molecule has 0 heterocycles. The fourth-order valence-electron chi connectivity index (χ4n) is 7.11. The van der Waals surface area contributed by atoms with E-state index in [9.17, 15) is 19.5 Å². The van der Waals surface area contributed by atoms with E-state index in [1.807, 2.05) is 21.1 Å². The number of esters is 2. The number of quaternary nitrogens is 1. The quantitative estimate of drug-likeness (QED) is 0.0283. The number of carbonyl (C=O) groups excluding carboxylic acids is 2. The molecule has 8 nitrogen and oxygen atoms in total. The molecular weight excluding hydrogens is 727 g/mol. The van der Waals surface area contributed by atoms with Gasteiger partial charge < -0.3 is 23.8 Å². The number of allylic oxidation sites excluding steroid dienone is 6. The van der Waals surface area contributed by atoms with Crippen LogP contribution in [0.1, 0.15) is 213 Å². The first kappa shape index (κ1) is 55.5. The first-order valence-electron chi connectivity index (χ1n) is 24.0. The molecule has 1 N–H and O–H groups in total. The summed E-state index contributed by atoms with van der Waals surface area (Å²) in [6, 6.07) is -0.613. The zero-order valence-electron chi connectivity index (χ0n) is 38.5. The molecule has 8 heteroatoms. The maximum absolute atomic E-state index is 12.7. The molecule has 0 aromatic heterocycles. The monoisotopic (exact) mass is 819 g/mol. The summed E-state index contributed by atoms with van der Waals surface area (Å²) in [6.45, 7) is 4.65. The second-order valence-electron chi connectivity index (χ2n) is 17.3. The molecule has 2 atom stereocenters. The van der Waals surface area contributed by atoms with Gasteiger partial charge in [0.15, 0.2) is 12.1 Å². The summed E-state index contributed by atoms with van der Waals surface area (Å²) in [5, 5.41) is 9.63. The Labute approximate surface area is 357 Å². The van der Waals surface area contributed by atoms with Crippen LogP contribution >= 0.6 is 0 Å². The third-order valence-electron chi connectivity index (χ3n) is 10.8. The average molecular weight is 819 g/mol. The molecular formula is C50H92NO7+. The SMILES string of the molecule is CC/C=C/C/C=C/C/C=C/CCCCCCCCCCCCC(=O)OCC(COCCC(C(=O)O)[N+](C)(C)C)OC(=O)CCCCCCCCCCCCCCCC. The Balaban J connectivity index is 4.24. The highest BCUT2D eigenvalue weighted by molar-refractivity contribution is 5.72. The van der Waals surface area contributed by atoms with E-state index in [0.29, 0.717) is 19.3 Å². The Kier molecular flexibility index (Phi) is 39.5. The molecule has 0 aliphatic carbocycles. The van der Waals surface area contributed by atoms with Crippen molar-refractivity contribution in [3.8, 4) is 0 Å².